The first-order valence-corrected chi connectivity index (χ1v) is 5.80. The fraction of sp³-hybridized carbons (Fsp3) is 0.286. The van der Waals surface area contributed by atoms with E-state index in [2.05, 4.69) is 5.32 Å². The first kappa shape index (κ1) is 12.8. The van der Waals surface area contributed by atoms with Gasteiger partial charge in [0.05, 0.1) is 6.04 Å². The van der Waals surface area contributed by atoms with Crippen LogP contribution in [0.1, 0.15) is 30.0 Å². The Morgan fingerprint density at radius 3 is 2.61 bits per heavy atom. The third-order valence-electron chi connectivity index (χ3n) is 2.80. The predicted molar refractivity (Wildman–Crippen MR) is 65.1 cm³/mol. The maximum atomic E-state index is 13.4. The van der Waals surface area contributed by atoms with Crippen molar-refractivity contribution in [1.82, 2.24) is 5.32 Å². The minimum absolute atomic E-state index is 0.0249. The Balaban J connectivity index is 1.99. The van der Waals surface area contributed by atoms with Crippen LogP contribution in [-0.2, 0) is 6.54 Å². The quantitative estimate of drug-likeness (QED) is 0.896. The highest BCUT2D eigenvalue weighted by Gasteiger charge is 2.10. The molecule has 1 heterocycles. The standard InChI is InChI=1S/C14H15F2NO/c1-9-3-6-14(18-9)10(2)17-8-11-4-5-12(15)7-13(11)16/h3-7,10,17H,8H2,1-2H3. The molecule has 0 aliphatic carbocycles. The summed E-state index contributed by atoms with van der Waals surface area (Å²) in [6, 6.07) is 7.32. The smallest absolute Gasteiger partial charge is 0.130 e. The highest BCUT2D eigenvalue weighted by Crippen LogP contribution is 2.17. The van der Waals surface area contributed by atoms with Gasteiger partial charge in [0.15, 0.2) is 0 Å². The van der Waals surface area contributed by atoms with E-state index in [4.69, 9.17) is 4.42 Å². The third-order valence-corrected chi connectivity index (χ3v) is 2.80. The van der Waals surface area contributed by atoms with Gasteiger partial charge >= 0.3 is 0 Å². The largest absolute Gasteiger partial charge is 0.465 e. The van der Waals surface area contributed by atoms with Crippen LogP contribution < -0.4 is 5.32 Å². The molecule has 0 radical (unpaired) electrons. The lowest BCUT2D eigenvalue weighted by Crippen LogP contribution is -2.18. The summed E-state index contributed by atoms with van der Waals surface area (Å²) < 4.78 is 31.6. The van der Waals surface area contributed by atoms with Gasteiger partial charge in [-0.3, -0.25) is 0 Å². The van der Waals surface area contributed by atoms with Crippen LogP contribution in [0.5, 0.6) is 0 Å². The maximum Gasteiger partial charge on any atom is 0.130 e. The first-order valence-electron chi connectivity index (χ1n) is 5.80. The van der Waals surface area contributed by atoms with E-state index in [1.54, 1.807) is 0 Å². The molecule has 0 spiro atoms. The lowest BCUT2D eigenvalue weighted by molar-refractivity contribution is 0.413. The van der Waals surface area contributed by atoms with Crippen molar-refractivity contribution in [2.45, 2.75) is 26.4 Å². The van der Waals surface area contributed by atoms with E-state index in [-0.39, 0.29) is 6.04 Å². The topological polar surface area (TPSA) is 25.2 Å². The van der Waals surface area contributed by atoms with Crippen molar-refractivity contribution in [3.63, 3.8) is 0 Å². The lowest BCUT2D eigenvalue weighted by atomic mass is 10.2. The molecule has 18 heavy (non-hydrogen) atoms. The number of aryl methyl sites for hydroxylation is 1. The van der Waals surface area contributed by atoms with Crippen LogP contribution in [0, 0.1) is 18.6 Å². The highest BCUT2D eigenvalue weighted by molar-refractivity contribution is 5.18. The van der Waals surface area contributed by atoms with Gasteiger partial charge in [0, 0.05) is 18.2 Å². The van der Waals surface area contributed by atoms with Gasteiger partial charge in [-0.1, -0.05) is 6.07 Å². The summed E-state index contributed by atoms with van der Waals surface area (Å²) in [6.07, 6.45) is 0. The van der Waals surface area contributed by atoms with Crippen LogP contribution in [0.3, 0.4) is 0 Å². The molecule has 4 heteroatoms. The molecule has 0 bridgehead atoms. The van der Waals surface area contributed by atoms with Crippen molar-refractivity contribution >= 4 is 0 Å². The van der Waals surface area contributed by atoms with Crippen LogP contribution in [0.4, 0.5) is 8.78 Å². The van der Waals surface area contributed by atoms with Gasteiger partial charge in [-0.15, -0.1) is 0 Å². The number of hydrogen-bond acceptors (Lipinski definition) is 2. The van der Waals surface area contributed by atoms with E-state index < -0.39 is 11.6 Å². The van der Waals surface area contributed by atoms with Crippen LogP contribution in [0.15, 0.2) is 34.7 Å². The van der Waals surface area contributed by atoms with Gasteiger partial charge in [-0.25, -0.2) is 8.78 Å². The van der Waals surface area contributed by atoms with Crippen LogP contribution in [-0.4, -0.2) is 0 Å². The number of hydrogen-bond donors (Lipinski definition) is 1. The lowest BCUT2D eigenvalue weighted by Gasteiger charge is -2.11. The van der Waals surface area contributed by atoms with E-state index >= 15 is 0 Å². The molecule has 2 aromatic rings. The minimum Gasteiger partial charge on any atom is -0.465 e. The maximum absolute atomic E-state index is 13.4. The van der Waals surface area contributed by atoms with Crippen molar-refractivity contribution < 1.29 is 13.2 Å². The Morgan fingerprint density at radius 1 is 1.22 bits per heavy atom. The Kier molecular flexibility index (Phi) is 3.77. The van der Waals surface area contributed by atoms with Crippen LogP contribution in [0.2, 0.25) is 0 Å². The second kappa shape index (κ2) is 5.31. The Bertz CT molecular complexity index is 536. The molecule has 1 atom stereocenters. The summed E-state index contributed by atoms with van der Waals surface area (Å²) in [6.45, 7) is 4.13. The second-order valence-electron chi connectivity index (χ2n) is 4.29. The monoisotopic (exact) mass is 251 g/mol. The van der Waals surface area contributed by atoms with Gasteiger partial charge in [0.1, 0.15) is 23.2 Å². The molecular weight excluding hydrogens is 236 g/mol. The van der Waals surface area contributed by atoms with E-state index in [1.165, 1.54) is 12.1 Å². The molecule has 0 aliphatic rings. The van der Waals surface area contributed by atoms with Crippen molar-refractivity contribution in [2.24, 2.45) is 0 Å². The molecular formula is C14H15F2NO. The molecule has 2 nitrogen and oxygen atoms in total. The van der Waals surface area contributed by atoms with Gasteiger partial charge in [0.2, 0.25) is 0 Å². The SMILES string of the molecule is Cc1ccc(C(C)NCc2ccc(F)cc2F)o1. The zero-order chi connectivity index (χ0) is 13.1. The van der Waals surface area contributed by atoms with Gasteiger partial charge < -0.3 is 9.73 Å². The van der Waals surface area contributed by atoms with Gasteiger partial charge in [0.25, 0.3) is 0 Å². The number of halogens is 2. The Labute approximate surface area is 105 Å². The summed E-state index contributed by atoms with van der Waals surface area (Å²) in [4.78, 5) is 0. The number of benzene rings is 1. The van der Waals surface area contributed by atoms with Gasteiger partial charge in [-0.05, 0) is 32.0 Å². The molecule has 1 N–H and O–H groups in total. The third kappa shape index (κ3) is 2.96. The predicted octanol–water partition coefficient (Wildman–Crippen LogP) is 3.72. The Hall–Kier alpha value is -1.68. The second-order valence-corrected chi connectivity index (χ2v) is 4.29. The molecule has 2 rings (SSSR count). The molecule has 0 saturated carbocycles. The molecule has 1 aromatic heterocycles. The number of nitrogens with one attached hydrogen (secondary N) is 1. The van der Waals surface area contributed by atoms with Crippen LogP contribution in [0.25, 0.3) is 0 Å². The van der Waals surface area contributed by atoms with Crippen molar-refractivity contribution in [1.29, 1.82) is 0 Å². The molecule has 0 saturated heterocycles. The molecule has 1 aromatic carbocycles. The zero-order valence-electron chi connectivity index (χ0n) is 10.3. The van der Waals surface area contributed by atoms with Gasteiger partial charge in [-0.2, -0.15) is 0 Å². The average molecular weight is 251 g/mol. The molecule has 96 valence electrons. The molecule has 0 amide bonds. The summed E-state index contributed by atoms with van der Waals surface area (Å²) in [5.74, 6) is 0.540. The average Bonchev–Trinajstić information content (AvgIpc) is 2.74. The van der Waals surface area contributed by atoms with Crippen molar-refractivity contribution in [3.05, 3.63) is 59.1 Å². The summed E-state index contributed by atoms with van der Waals surface area (Å²) in [5, 5.41) is 3.13. The van der Waals surface area contributed by atoms with Crippen molar-refractivity contribution in [3.8, 4) is 0 Å². The summed E-state index contributed by atoms with van der Waals surface area (Å²) in [7, 11) is 0. The first-order chi connectivity index (χ1) is 8.56. The normalized spacial score (nSPS) is 12.7. The molecule has 0 fully saturated rings. The highest BCUT2D eigenvalue weighted by atomic mass is 19.1. The molecule has 1 unspecified atom stereocenters. The number of rotatable bonds is 4. The van der Waals surface area contributed by atoms with E-state index in [1.807, 2.05) is 26.0 Å². The summed E-state index contributed by atoms with van der Waals surface area (Å²) in [5.41, 5.74) is 0.437. The fourth-order valence-electron chi connectivity index (χ4n) is 1.71. The van der Waals surface area contributed by atoms with E-state index in [0.717, 1.165) is 17.6 Å². The van der Waals surface area contributed by atoms with Crippen LogP contribution >= 0.6 is 0 Å². The van der Waals surface area contributed by atoms with E-state index in [9.17, 15) is 8.78 Å². The number of furan rings is 1. The molecule has 0 aliphatic heterocycles. The minimum atomic E-state index is -0.564. The summed E-state index contributed by atoms with van der Waals surface area (Å²) >= 11 is 0. The fourth-order valence-corrected chi connectivity index (χ4v) is 1.71. The van der Waals surface area contributed by atoms with Crippen molar-refractivity contribution in [2.75, 3.05) is 0 Å². The van der Waals surface area contributed by atoms with E-state index in [0.29, 0.717) is 12.1 Å². The zero-order valence-corrected chi connectivity index (χ0v) is 10.3. The Morgan fingerprint density at radius 2 is 2.00 bits per heavy atom.